The average molecular weight is 413 g/mol. The maximum atomic E-state index is 12.4. The van der Waals surface area contributed by atoms with Gasteiger partial charge in [0.1, 0.15) is 17.9 Å². The van der Waals surface area contributed by atoms with Crippen molar-refractivity contribution < 1.29 is 23.8 Å². The quantitative estimate of drug-likeness (QED) is 0.512. The number of benzene rings is 2. The Hall–Kier alpha value is -3.32. The van der Waals surface area contributed by atoms with Crippen LogP contribution in [-0.2, 0) is 9.53 Å². The summed E-state index contributed by atoms with van der Waals surface area (Å²) < 4.78 is 16.5. The lowest BCUT2D eigenvalue weighted by Gasteiger charge is -2.26. The summed E-state index contributed by atoms with van der Waals surface area (Å²) in [6.45, 7) is 0.130. The summed E-state index contributed by atoms with van der Waals surface area (Å²) in [5, 5.41) is 3.46. The first-order chi connectivity index (χ1) is 14.1. The fraction of sp³-hybridized carbons (Fsp3) is 0.190. The first kappa shape index (κ1) is 19.0. The molecule has 0 bridgehead atoms. The molecule has 148 valence electrons. The van der Waals surface area contributed by atoms with Crippen LogP contribution in [0.1, 0.15) is 10.4 Å². The van der Waals surface area contributed by atoms with Crippen LogP contribution < -0.4 is 14.8 Å². The number of carbonyl (C=O) groups excluding carboxylic acids is 2. The van der Waals surface area contributed by atoms with E-state index in [1.807, 2.05) is 18.2 Å². The van der Waals surface area contributed by atoms with Gasteiger partial charge in [0.15, 0.2) is 18.1 Å². The molecule has 1 amide bonds. The molecule has 1 aromatic heterocycles. The number of hydrogen-bond acceptors (Lipinski definition) is 6. The van der Waals surface area contributed by atoms with E-state index in [0.29, 0.717) is 29.0 Å². The predicted octanol–water partition coefficient (Wildman–Crippen LogP) is 3.00. The van der Waals surface area contributed by atoms with Crippen LogP contribution in [0.25, 0.3) is 10.9 Å². The number of nitrogens with one attached hydrogen (secondary N) is 1. The third-order valence-corrected chi connectivity index (χ3v) is 4.53. The van der Waals surface area contributed by atoms with E-state index in [1.54, 1.807) is 30.3 Å². The Morgan fingerprint density at radius 2 is 1.90 bits per heavy atom. The molecule has 1 N–H and O–H groups in total. The molecule has 1 aliphatic heterocycles. The number of esters is 1. The molecule has 0 saturated carbocycles. The molecule has 2 aromatic carbocycles. The minimum atomic E-state index is -0.646. The van der Waals surface area contributed by atoms with Gasteiger partial charge in [-0.3, -0.25) is 4.79 Å². The highest BCUT2D eigenvalue weighted by atomic mass is 35.5. The van der Waals surface area contributed by atoms with Crippen molar-refractivity contribution in [3.05, 3.63) is 65.3 Å². The zero-order valence-electron chi connectivity index (χ0n) is 15.3. The van der Waals surface area contributed by atoms with Crippen molar-refractivity contribution in [2.75, 3.05) is 19.8 Å². The van der Waals surface area contributed by atoms with Crippen LogP contribution in [0.5, 0.6) is 11.5 Å². The van der Waals surface area contributed by atoms with Crippen LogP contribution >= 0.6 is 11.6 Å². The van der Waals surface area contributed by atoms with Gasteiger partial charge in [0, 0.05) is 5.39 Å². The minimum absolute atomic E-state index is 0.176. The second-order valence-corrected chi connectivity index (χ2v) is 6.77. The summed E-state index contributed by atoms with van der Waals surface area (Å²) in [7, 11) is 0. The number of fused-ring (bicyclic) bond motifs is 2. The second-order valence-electron chi connectivity index (χ2n) is 6.39. The van der Waals surface area contributed by atoms with Gasteiger partial charge in [-0.1, -0.05) is 41.9 Å². The number of halogens is 1. The van der Waals surface area contributed by atoms with Crippen molar-refractivity contribution in [1.82, 2.24) is 10.3 Å². The molecule has 0 spiro atoms. The standard InChI is InChI=1S/C21H17ClN2O5/c22-19-9-15(14-5-1-2-6-16(14)24-19)21(26)28-12-20(25)23-10-13-11-27-17-7-3-4-8-18(17)29-13/h1-9,13H,10-12H2,(H,23,25)/t13-/m1/s1. The molecule has 0 saturated heterocycles. The van der Waals surface area contributed by atoms with E-state index < -0.39 is 18.5 Å². The molecule has 1 aliphatic rings. The molecule has 8 heteroatoms. The van der Waals surface area contributed by atoms with E-state index >= 15 is 0 Å². The van der Waals surface area contributed by atoms with Crippen molar-refractivity contribution >= 4 is 34.4 Å². The van der Waals surface area contributed by atoms with Crippen LogP contribution in [-0.4, -0.2) is 42.7 Å². The zero-order valence-corrected chi connectivity index (χ0v) is 16.0. The minimum Gasteiger partial charge on any atom is -0.486 e. The van der Waals surface area contributed by atoms with Crippen LogP contribution in [0, 0.1) is 0 Å². The van der Waals surface area contributed by atoms with E-state index in [9.17, 15) is 9.59 Å². The Kier molecular flexibility index (Phi) is 5.48. The largest absolute Gasteiger partial charge is 0.486 e. The SMILES string of the molecule is O=C(COC(=O)c1cc(Cl)nc2ccccc12)NC[C@@H]1COc2ccccc2O1. The molecule has 0 aliphatic carbocycles. The van der Waals surface area contributed by atoms with Crippen molar-refractivity contribution in [3.63, 3.8) is 0 Å². The molecule has 0 unspecified atom stereocenters. The molecule has 4 rings (SSSR count). The zero-order chi connectivity index (χ0) is 20.2. The van der Waals surface area contributed by atoms with Gasteiger partial charge in [-0.25, -0.2) is 9.78 Å². The fourth-order valence-corrected chi connectivity index (χ4v) is 3.16. The highest BCUT2D eigenvalue weighted by molar-refractivity contribution is 6.30. The van der Waals surface area contributed by atoms with E-state index in [0.717, 1.165) is 0 Å². The summed E-state index contributed by atoms with van der Waals surface area (Å²) in [6, 6.07) is 15.8. The van der Waals surface area contributed by atoms with Crippen LogP contribution in [0.3, 0.4) is 0 Å². The summed E-state index contributed by atoms with van der Waals surface area (Å²) >= 11 is 5.98. The monoisotopic (exact) mass is 412 g/mol. The first-order valence-electron chi connectivity index (χ1n) is 8.98. The molecule has 1 atom stereocenters. The molecule has 0 radical (unpaired) electrons. The van der Waals surface area contributed by atoms with Gasteiger partial charge in [-0.05, 0) is 24.3 Å². The van der Waals surface area contributed by atoms with Gasteiger partial charge in [-0.2, -0.15) is 0 Å². The molecule has 3 aromatic rings. The van der Waals surface area contributed by atoms with Crippen LogP contribution in [0.15, 0.2) is 54.6 Å². The van der Waals surface area contributed by atoms with E-state index in [2.05, 4.69) is 10.3 Å². The summed E-state index contributed by atoms with van der Waals surface area (Å²) in [5.74, 6) is 0.218. The molecule has 2 heterocycles. The Bertz CT molecular complexity index is 1070. The number of rotatable bonds is 5. The highest BCUT2D eigenvalue weighted by Gasteiger charge is 2.21. The summed E-state index contributed by atoms with van der Waals surface area (Å²) in [4.78, 5) is 28.7. The summed E-state index contributed by atoms with van der Waals surface area (Å²) in [5.41, 5.74) is 0.833. The van der Waals surface area contributed by atoms with Crippen LogP contribution in [0.4, 0.5) is 0 Å². The third kappa shape index (κ3) is 4.41. The van der Waals surface area contributed by atoms with Gasteiger partial charge >= 0.3 is 5.97 Å². The van der Waals surface area contributed by atoms with Gasteiger partial charge in [0.2, 0.25) is 0 Å². The molecular weight excluding hydrogens is 396 g/mol. The number of para-hydroxylation sites is 3. The normalized spacial score (nSPS) is 15.0. The van der Waals surface area contributed by atoms with Crippen molar-refractivity contribution in [3.8, 4) is 11.5 Å². The number of amides is 1. The molecular formula is C21H17ClN2O5. The van der Waals surface area contributed by atoms with E-state index in [1.165, 1.54) is 6.07 Å². The number of aromatic nitrogens is 1. The van der Waals surface area contributed by atoms with Gasteiger partial charge in [-0.15, -0.1) is 0 Å². The van der Waals surface area contributed by atoms with E-state index in [4.69, 9.17) is 25.8 Å². The van der Waals surface area contributed by atoms with Crippen molar-refractivity contribution in [2.45, 2.75) is 6.10 Å². The maximum Gasteiger partial charge on any atom is 0.339 e. The topological polar surface area (TPSA) is 86.8 Å². The van der Waals surface area contributed by atoms with Crippen molar-refractivity contribution in [1.29, 1.82) is 0 Å². The van der Waals surface area contributed by atoms with Crippen molar-refractivity contribution in [2.24, 2.45) is 0 Å². The van der Waals surface area contributed by atoms with Crippen LogP contribution in [0.2, 0.25) is 5.15 Å². The molecule has 29 heavy (non-hydrogen) atoms. The maximum absolute atomic E-state index is 12.4. The average Bonchev–Trinajstić information content (AvgIpc) is 2.75. The number of pyridine rings is 1. The predicted molar refractivity (Wildman–Crippen MR) is 106 cm³/mol. The number of hydrogen-bond donors (Lipinski definition) is 1. The Labute approximate surface area is 171 Å². The fourth-order valence-electron chi connectivity index (χ4n) is 2.96. The third-order valence-electron chi connectivity index (χ3n) is 4.33. The number of nitrogens with zero attached hydrogens (tertiary/aromatic N) is 1. The van der Waals surface area contributed by atoms with Gasteiger partial charge in [0.25, 0.3) is 5.91 Å². The Morgan fingerprint density at radius 3 is 2.76 bits per heavy atom. The lowest BCUT2D eigenvalue weighted by Crippen LogP contribution is -2.42. The summed E-state index contributed by atoms with van der Waals surface area (Å²) in [6.07, 6.45) is -0.326. The molecule has 7 nitrogen and oxygen atoms in total. The van der Waals surface area contributed by atoms with Gasteiger partial charge < -0.3 is 19.5 Å². The smallest absolute Gasteiger partial charge is 0.339 e. The number of carbonyl (C=O) groups is 2. The number of ether oxygens (including phenoxy) is 3. The lowest BCUT2D eigenvalue weighted by atomic mass is 10.1. The lowest BCUT2D eigenvalue weighted by molar-refractivity contribution is -0.124. The first-order valence-corrected chi connectivity index (χ1v) is 9.35. The molecule has 0 fully saturated rings. The second kappa shape index (κ2) is 8.36. The Morgan fingerprint density at radius 1 is 1.14 bits per heavy atom. The van der Waals surface area contributed by atoms with E-state index in [-0.39, 0.29) is 23.4 Å². The Balaban J connectivity index is 1.31. The van der Waals surface area contributed by atoms with Gasteiger partial charge in [0.05, 0.1) is 17.6 Å². The highest BCUT2D eigenvalue weighted by Crippen LogP contribution is 2.30.